The third-order valence-corrected chi connectivity index (χ3v) is 3.14. The van der Waals surface area contributed by atoms with Crippen LogP contribution in [-0.2, 0) is 6.42 Å². The normalized spacial score (nSPS) is 12.2. The van der Waals surface area contributed by atoms with E-state index in [2.05, 4.69) is 0 Å². The number of benzene rings is 1. The van der Waals surface area contributed by atoms with Crippen molar-refractivity contribution in [1.29, 1.82) is 0 Å². The van der Waals surface area contributed by atoms with Crippen molar-refractivity contribution < 1.29 is 13.9 Å². The lowest BCUT2D eigenvalue weighted by molar-refractivity contribution is 0.0799. The molecule has 2 nitrogen and oxygen atoms in total. The van der Waals surface area contributed by atoms with Crippen LogP contribution < -0.4 is 0 Å². The van der Waals surface area contributed by atoms with Crippen molar-refractivity contribution in [1.82, 2.24) is 4.90 Å². The van der Waals surface area contributed by atoms with Crippen molar-refractivity contribution in [3.8, 4) is 0 Å². The third kappa shape index (κ3) is 3.75. The van der Waals surface area contributed by atoms with Gasteiger partial charge in [-0.25, -0.2) is 8.78 Å². The first kappa shape index (κ1) is 14.1. The summed E-state index contributed by atoms with van der Waals surface area (Å²) < 4.78 is 26.3. The molecule has 17 heavy (non-hydrogen) atoms. The summed E-state index contributed by atoms with van der Waals surface area (Å²) in [6, 6.07) is 3.47. The summed E-state index contributed by atoms with van der Waals surface area (Å²) in [6.45, 7) is 4.38. The molecule has 0 aliphatic carbocycles. The smallest absolute Gasteiger partial charge is 0.126 e. The highest BCUT2D eigenvalue weighted by molar-refractivity contribution is 5.19. The number of halogens is 2. The summed E-state index contributed by atoms with van der Waals surface area (Å²) in [5.41, 5.74) is 0.00895. The minimum Gasteiger partial charge on any atom is -0.394 e. The molecule has 0 saturated carbocycles. The maximum atomic E-state index is 13.4. The van der Waals surface area contributed by atoms with Crippen molar-refractivity contribution in [2.45, 2.75) is 25.8 Å². The number of rotatable bonds is 5. The van der Waals surface area contributed by atoms with Gasteiger partial charge in [-0.3, -0.25) is 4.90 Å². The molecule has 0 aliphatic heterocycles. The average Bonchev–Trinajstić information content (AvgIpc) is 2.29. The van der Waals surface area contributed by atoms with Crippen LogP contribution in [0.5, 0.6) is 0 Å². The molecule has 1 rings (SSSR count). The number of hydrogen-bond donors (Lipinski definition) is 1. The average molecular weight is 243 g/mol. The van der Waals surface area contributed by atoms with Crippen molar-refractivity contribution in [2.24, 2.45) is 0 Å². The highest BCUT2D eigenvalue weighted by Crippen LogP contribution is 2.14. The Morgan fingerprint density at radius 1 is 1.29 bits per heavy atom. The van der Waals surface area contributed by atoms with Crippen LogP contribution in [0.3, 0.4) is 0 Å². The van der Waals surface area contributed by atoms with Crippen LogP contribution >= 0.6 is 0 Å². The molecule has 0 atom stereocenters. The third-order valence-electron chi connectivity index (χ3n) is 3.14. The summed E-state index contributed by atoms with van der Waals surface area (Å²) >= 11 is 0. The molecule has 0 fully saturated rings. The van der Waals surface area contributed by atoms with Crippen LogP contribution in [0.4, 0.5) is 8.78 Å². The molecule has 0 aliphatic rings. The Bertz CT molecular complexity index is 380. The van der Waals surface area contributed by atoms with E-state index in [0.29, 0.717) is 18.5 Å². The second kappa shape index (κ2) is 5.56. The molecule has 1 N–H and O–H groups in total. The first-order chi connectivity index (χ1) is 7.86. The predicted octanol–water partition coefficient (Wildman–Crippen LogP) is 2.21. The highest BCUT2D eigenvalue weighted by Gasteiger charge is 2.22. The zero-order chi connectivity index (χ0) is 13.1. The Kier molecular flexibility index (Phi) is 4.60. The van der Waals surface area contributed by atoms with Gasteiger partial charge in [0.25, 0.3) is 0 Å². The van der Waals surface area contributed by atoms with Crippen LogP contribution in [0.2, 0.25) is 0 Å². The molecule has 4 heteroatoms. The van der Waals surface area contributed by atoms with E-state index in [1.54, 1.807) is 0 Å². The first-order valence-corrected chi connectivity index (χ1v) is 5.63. The summed E-state index contributed by atoms with van der Waals surface area (Å²) in [5.74, 6) is -0.813. The van der Waals surface area contributed by atoms with Crippen LogP contribution in [0, 0.1) is 11.6 Å². The number of hydrogen-bond acceptors (Lipinski definition) is 2. The molecule has 0 unspecified atom stereocenters. The monoisotopic (exact) mass is 243 g/mol. The maximum Gasteiger partial charge on any atom is 0.126 e. The minimum atomic E-state index is -0.425. The van der Waals surface area contributed by atoms with Crippen LogP contribution in [0.15, 0.2) is 18.2 Å². The lowest BCUT2D eigenvalue weighted by Crippen LogP contribution is -2.45. The van der Waals surface area contributed by atoms with Gasteiger partial charge in [-0.15, -0.1) is 0 Å². The molecule has 0 bridgehead atoms. The number of aliphatic hydroxyl groups is 1. The SMILES string of the molecule is CN(CCc1cc(F)ccc1F)C(C)(C)CO. The molecule has 0 saturated heterocycles. The van der Waals surface area contributed by atoms with Crippen molar-refractivity contribution in [2.75, 3.05) is 20.2 Å². The molecule has 0 aromatic heterocycles. The Balaban J connectivity index is 2.64. The van der Waals surface area contributed by atoms with Gasteiger partial charge in [-0.1, -0.05) is 0 Å². The number of aliphatic hydroxyl groups excluding tert-OH is 1. The Hall–Kier alpha value is -1.00. The van der Waals surface area contributed by atoms with E-state index in [1.807, 2.05) is 25.8 Å². The Morgan fingerprint density at radius 2 is 1.94 bits per heavy atom. The van der Waals surface area contributed by atoms with Gasteiger partial charge in [-0.05, 0) is 51.1 Å². The second-order valence-electron chi connectivity index (χ2n) is 4.88. The quantitative estimate of drug-likeness (QED) is 0.857. The largest absolute Gasteiger partial charge is 0.394 e. The van der Waals surface area contributed by atoms with Gasteiger partial charge in [0.15, 0.2) is 0 Å². The molecule has 0 heterocycles. The molecule has 1 aromatic rings. The topological polar surface area (TPSA) is 23.5 Å². The van der Waals surface area contributed by atoms with Gasteiger partial charge < -0.3 is 5.11 Å². The lowest BCUT2D eigenvalue weighted by atomic mass is 10.0. The summed E-state index contributed by atoms with van der Waals surface area (Å²) in [4.78, 5) is 1.93. The van der Waals surface area contributed by atoms with Crippen LogP contribution in [0.25, 0.3) is 0 Å². The molecule has 0 radical (unpaired) electrons. The number of likely N-dealkylation sites (N-methyl/N-ethyl adjacent to an activating group) is 1. The first-order valence-electron chi connectivity index (χ1n) is 5.63. The Labute approximate surface area is 101 Å². The molecule has 1 aromatic carbocycles. The summed E-state index contributed by atoms with van der Waals surface area (Å²) in [5, 5.41) is 9.18. The molecule has 0 amide bonds. The van der Waals surface area contributed by atoms with E-state index in [0.717, 1.165) is 12.1 Å². The van der Waals surface area contributed by atoms with Gasteiger partial charge >= 0.3 is 0 Å². The lowest BCUT2D eigenvalue weighted by Gasteiger charge is -2.33. The van der Waals surface area contributed by atoms with E-state index >= 15 is 0 Å². The van der Waals surface area contributed by atoms with E-state index in [-0.39, 0.29) is 18.0 Å². The van der Waals surface area contributed by atoms with Crippen molar-refractivity contribution in [3.05, 3.63) is 35.4 Å². The molecule has 0 spiro atoms. The fourth-order valence-corrected chi connectivity index (χ4v) is 1.45. The maximum absolute atomic E-state index is 13.4. The van der Waals surface area contributed by atoms with Crippen molar-refractivity contribution >= 4 is 0 Å². The van der Waals surface area contributed by atoms with E-state index < -0.39 is 5.82 Å². The van der Waals surface area contributed by atoms with Gasteiger partial charge in [0.1, 0.15) is 11.6 Å². The summed E-state index contributed by atoms with van der Waals surface area (Å²) in [7, 11) is 1.85. The number of nitrogens with zero attached hydrogens (tertiary/aromatic N) is 1. The van der Waals surface area contributed by atoms with E-state index in [4.69, 9.17) is 0 Å². The van der Waals surface area contributed by atoms with Gasteiger partial charge in [0.2, 0.25) is 0 Å². The molecular weight excluding hydrogens is 224 g/mol. The zero-order valence-corrected chi connectivity index (χ0v) is 10.5. The molecular formula is C13H19F2NO. The van der Waals surface area contributed by atoms with Crippen LogP contribution in [0.1, 0.15) is 19.4 Å². The standard InChI is InChI=1S/C13H19F2NO/c1-13(2,9-17)16(3)7-6-10-8-11(14)4-5-12(10)15/h4-5,8,17H,6-7,9H2,1-3H3. The Morgan fingerprint density at radius 3 is 2.53 bits per heavy atom. The fraction of sp³-hybridized carbons (Fsp3) is 0.538. The zero-order valence-electron chi connectivity index (χ0n) is 10.5. The van der Waals surface area contributed by atoms with Crippen LogP contribution in [-0.4, -0.2) is 35.7 Å². The van der Waals surface area contributed by atoms with E-state index in [1.165, 1.54) is 6.07 Å². The summed E-state index contributed by atoms with van der Waals surface area (Å²) in [6.07, 6.45) is 0.420. The van der Waals surface area contributed by atoms with Gasteiger partial charge in [-0.2, -0.15) is 0 Å². The second-order valence-corrected chi connectivity index (χ2v) is 4.88. The highest BCUT2D eigenvalue weighted by atomic mass is 19.1. The fourth-order valence-electron chi connectivity index (χ4n) is 1.45. The van der Waals surface area contributed by atoms with E-state index in [9.17, 15) is 13.9 Å². The van der Waals surface area contributed by atoms with Gasteiger partial charge in [0, 0.05) is 12.1 Å². The minimum absolute atomic E-state index is 0.0229. The van der Waals surface area contributed by atoms with Crippen molar-refractivity contribution in [3.63, 3.8) is 0 Å². The molecule has 96 valence electrons. The van der Waals surface area contributed by atoms with Gasteiger partial charge in [0.05, 0.1) is 6.61 Å². The predicted molar refractivity (Wildman–Crippen MR) is 63.9 cm³/mol.